The zero-order chi connectivity index (χ0) is 10.4. The first-order chi connectivity index (χ1) is 6.74. The minimum absolute atomic E-state index is 0.211. The molecule has 1 atom stereocenters. The number of aromatic nitrogens is 1. The largest absolute Gasteiger partial charge is 0.314 e. The highest BCUT2D eigenvalue weighted by atomic mass is 19.1. The topological polar surface area (TPSA) is 24.9 Å². The summed E-state index contributed by atoms with van der Waals surface area (Å²) >= 11 is 0. The van der Waals surface area contributed by atoms with E-state index >= 15 is 0 Å². The highest BCUT2D eigenvalue weighted by molar-refractivity contribution is 5.08. The van der Waals surface area contributed by atoms with Crippen LogP contribution in [0.25, 0.3) is 0 Å². The van der Waals surface area contributed by atoms with E-state index in [0.717, 1.165) is 13.0 Å². The van der Waals surface area contributed by atoms with Crippen LogP contribution in [-0.4, -0.2) is 17.6 Å². The van der Waals surface area contributed by atoms with Gasteiger partial charge in [0.05, 0.1) is 5.69 Å². The molecule has 1 rings (SSSR count). The standard InChI is InChI=1S/C11H17FN2/c1-3-6-13-9(2)8-11-10(12)5-4-7-14-11/h4-5,7,9,13H,3,6,8H2,1-2H3. The lowest BCUT2D eigenvalue weighted by Crippen LogP contribution is -2.29. The maximum Gasteiger partial charge on any atom is 0.144 e. The summed E-state index contributed by atoms with van der Waals surface area (Å²) in [5.74, 6) is -0.211. The Balaban J connectivity index is 2.47. The van der Waals surface area contributed by atoms with Gasteiger partial charge in [0.25, 0.3) is 0 Å². The van der Waals surface area contributed by atoms with Crippen LogP contribution in [0.4, 0.5) is 4.39 Å². The number of rotatable bonds is 5. The number of halogens is 1. The summed E-state index contributed by atoms with van der Waals surface area (Å²) in [6.07, 6.45) is 3.37. The molecule has 0 aliphatic carbocycles. The highest BCUT2D eigenvalue weighted by Gasteiger charge is 2.07. The van der Waals surface area contributed by atoms with Gasteiger partial charge in [0.15, 0.2) is 0 Å². The normalized spacial score (nSPS) is 12.8. The van der Waals surface area contributed by atoms with E-state index in [9.17, 15) is 4.39 Å². The Hall–Kier alpha value is -0.960. The third-order valence-electron chi connectivity index (χ3n) is 2.08. The summed E-state index contributed by atoms with van der Waals surface area (Å²) in [5, 5.41) is 3.30. The van der Waals surface area contributed by atoms with E-state index in [1.165, 1.54) is 6.07 Å². The molecule has 0 amide bonds. The molecule has 0 aliphatic rings. The number of hydrogen-bond donors (Lipinski definition) is 1. The maximum atomic E-state index is 13.2. The minimum Gasteiger partial charge on any atom is -0.314 e. The molecule has 0 saturated heterocycles. The Morgan fingerprint density at radius 2 is 2.36 bits per heavy atom. The monoisotopic (exact) mass is 196 g/mol. The highest BCUT2D eigenvalue weighted by Crippen LogP contribution is 2.05. The molecule has 1 N–H and O–H groups in total. The van der Waals surface area contributed by atoms with E-state index in [4.69, 9.17) is 0 Å². The van der Waals surface area contributed by atoms with Crippen LogP contribution in [0.3, 0.4) is 0 Å². The lowest BCUT2D eigenvalue weighted by Gasteiger charge is -2.12. The van der Waals surface area contributed by atoms with Gasteiger partial charge in [-0.25, -0.2) is 4.39 Å². The molecule has 78 valence electrons. The quantitative estimate of drug-likeness (QED) is 0.780. The molecule has 1 aromatic heterocycles. The van der Waals surface area contributed by atoms with Crippen molar-refractivity contribution in [3.63, 3.8) is 0 Å². The smallest absolute Gasteiger partial charge is 0.144 e. The molecule has 0 bridgehead atoms. The number of nitrogens with one attached hydrogen (secondary N) is 1. The van der Waals surface area contributed by atoms with E-state index in [1.54, 1.807) is 12.3 Å². The van der Waals surface area contributed by atoms with Gasteiger partial charge in [-0.15, -0.1) is 0 Å². The summed E-state index contributed by atoms with van der Waals surface area (Å²) in [4.78, 5) is 4.01. The molecule has 0 aliphatic heterocycles. The molecule has 0 aromatic carbocycles. The van der Waals surface area contributed by atoms with Gasteiger partial charge >= 0.3 is 0 Å². The lowest BCUT2D eigenvalue weighted by atomic mass is 10.1. The van der Waals surface area contributed by atoms with Crippen molar-refractivity contribution in [2.45, 2.75) is 32.7 Å². The first kappa shape index (κ1) is 11.1. The van der Waals surface area contributed by atoms with E-state index in [-0.39, 0.29) is 11.9 Å². The molecular formula is C11H17FN2. The maximum absolute atomic E-state index is 13.2. The van der Waals surface area contributed by atoms with Crippen LogP contribution in [0.15, 0.2) is 18.3 Å². The van der Waals surface area contributed by atoms with E-state index in [2.05, 4.69) is 17.2 Å². The molecule has 14 heavy (non-hydrogen) atoms. The fraction of sp³-hybridized carbons (Fsp3) is 0.545. The molecule has 1 unspecified atom stereocenters. The van der Waals surface area contributed by atoms with Crippen molar-refractivity contribution in [3.8, 4) is 0 Å². The van der Waals surface area contributed by atoms with Crippen LogP contribution in [0.5, 0.6) is 0 Å². The summed E-state index contributed by atoms with van der Waals surface area (Å²) in [6, 6.07) is 3.34. The van der Waals surface area contributed by atoms with Gasteiger partial charge in [-0.3, -0.25) is 4.98 Å². The van der Waals surface area contributed by atoms with Crippen LogP contribution in [0.2, 0.25) is 0 Å². The SMILES string of the molecule is CCCNC(C)Cc1ncccc1F. The Kier molecular flexibility index (Phi) is 4.53. The minimum atomic E-state index is -0.211. The Morgan fingerprint density at radius 3 is 3.00 bits per heavy atom. The molecule has 2 nitrogen and oxygen atoms in total. The Bertz CT molecular complexity index is 276. The second-order valence-corrected chi connectivity index (χ2v) is 3.49. The average molecular weight is 196 g/mol. The van der Waals surface area contributed by atoms with Gasteiger partial charge in [0.1, 0.15) is 5.82 Å². The predicted molar refractivity (Wildman–Crippen MR) is 55.7 cm³/mol. The molecular weight excluding hydrogens is 179 g/mol. The van der Waals surface area contributed by atoms with Crippen molar-refractivity contribution >= 4 is 0 Å². The number of nitrogens with zero attached hydrogens (tertiary/aromatic N) is 1. The molecule has 3 heteroatoms. The van der Waals surface area contributed by atoms with Gasteiger partial charge in [-0.1, -0.05) is 6.92 Å². The molecule has 0 spiro atoms. The number of hydrogen-bond acceptors (Lipinski definition) is 2. The average Bonchev–Trinajstić information content (AvgIpc) is 2.18. The van der Waals surface area contributed by atoms with E-state index in [1.807, 2.05) is 6.92 Å². The van der Waals surface area contributed by atoms with Crippen LogP contribution < -0.4 is 5.32 Å². The first-order valence-electron chi connectivity index (χ1n) is 5.06. The van der Waals surface area contributed by atoms with Crippen LogP contribution >= 0.6 is 0 Å². The van der Waals surface area contributed by atoms with Gasteiger partial charge in [0, 0.05) is 18.7 Å². The lowest BCUT2D eigenvalue weighted by molar-refractivity contribution is 0.516. The van der Waals surface area contributed by atoms with Crippen molar-refractivity contribution in [1.29, 1.82) is 0 Å². The molecule has 1 aromatic rings. The molecule has 1 heterocycles. The zero-order valence-electron chi connectivity index (χ0n) is 8.76. The fourth-order valence-electron chi connectivity index (χ4n) is 1.32. The van der Waals surface area contributed by atoms with Crippen molar-refractivity contribution in [2.75, 3.05) is 6.54 Å². The molecule has 0 fully saturated rings. The van der Waals surface area contributed by atoms with Crippen LogP contribution in [0.1, 0.15) is 26.0 Å². The Labute approximate surface area is 84.6 Å². The van der Waals surface area contributed by atoms with Crippen molar-refractivity contribution in [1.82, 2.24) is 10.3 Å². The fourth-order valence-corrected chi connectivity index (χ4v) is 1.32. The molecule has 0 radical (unpaired) electrons. The van der Waals surface area contributed by atoms with E-state index in [0.29, 0.717) is 12.1 Å². The molecule has 0 saturated carbocycles. The van der Waals surface area contributed by atoms with Crippen LogP contribution in [0, 0.1) is 5.82 Å². The summed E-state index contributed by atoms with van der Waals surface area (Å²) in [6.45, 7) is 5.13. The summed E-state index contributed by atoms with van der Waals surface area (Å²) in [7, 11) is 0. The first-order valence-corrected chi connectivity index (χ1v) is 5.06. The van der Waals surface area contributed by atoms with Crippen molar-refractivity contribution in [3.05, 3.63) is 29.8 Å². The summed E-state index contributed by atoms with van der Waals surface area (Å²) in [5.41, 5.74) is 0.545. The second-order valence-electron chi connectivity index (χ2n) is 3.49. The summed E-state index contributed by atoms with van der Waals surface area (Å²) < 4.78 is 13.2. The third-order valence-corrected chi connectivity index (χ3v) is 2.08. The van der Waals surface area contributed by atoms with Gasteiger partial charge in [0.2, 0.25) is 0 Å². The van der Waals surface area contributed by atoms with Crippen molar-refractivity contribution in [2.24, 2.45) is 0 Å². The van der Waals surface area contributed by atoms with Gasteiger partial charge in [-0.2, -0.15) is 0 Å². The predicted octanol–water partition coefficient (Wildman–Crippen LogP) is 2.15. The zero-order valence-corrected chi connectivity index (χ0v) is 8.76. The second kappa shape index (κ2) is 5.70. The van der Waals surface area contributed by atoms with Gasteiger partial charge < -0.3 is 5.32 Å². The van der Waals surface area contributed by atoms with Gasteiger partial charge in [-0.05, 0) is 32.0 Å². The third kappa shape index (κ3) is 3.42. The van der Waals surface area contributed by atoms with E-state index < -0.39 is 0 Å². The Morgan fingerprint density at radius 1 is 1.57 bits per heavy atom. The van der Waals surface area contributed by atoms with Crippen molar-refractivity contribution < 1.29 is 4.39 Å². The number of pyridine rings is 1. The van der Waals surface area contributed by atoms with Crippen LogP contribution in [-0.2, 0) is 6.42 Å².